The zero-order chi connectivity index (χ0) is 13.1. The van der Waals surface area contributed by atoms with E-state index < -0.39 is 0 Å². The molecule has 2 bridgehead atoms. The van der Waals surface area contributed by atoms with Gasteiger partial charge in [0.2, 0.25) is 0 Å². The molecule has 1 saturated heterocycles. The average molecular weight is 247 g/mol. The van der Waals surface area contributed by atoms with Gasteiger partial charge in [0.15, 0.2) is 5.78 Å². The molecule has 0 aromatic rings. The van der Waals surface area contributed by atoms with Crippen molar-refractivity contribution in [3.8, 4) is 0 Å². The van der Waals surface area contributed by atoms with Gasteiger partial charge in [-0.25, -0.2) is 0 Å². The molecule has 18 heavy (non-hydrogen) atoms. The number of fused-ring (bicyclic) bond motifs is 2. The maximum atomic E-state index is 12.7. The Morgan fingerprint density at radius 3 is 2.50 bits per heavy atom. The normalized spacial score (nSPS) is 45.3. The number of hydrogen-bond acceptors (Lipinski definition) is 2. The third-order valence-electron chi connectivity index (χ3n) is 6.31. The Morgan fingerprint density at radius 1 is 1.28 bits per heavy atom. The molecule has 0 aromatic heterocycles. The molecule has 0 aromatic carbocycles. The number of Topliss-reactive ketones (excluding diaryl/α,β-unsaturated/α-hetero) is 1. The van der Waals surface area contributed by atoms with E-state index in [-0.39, 0.29) is 10.8 Å². The summed E-state index contributed by atoms with van der Waals surface area (Å²) in [5.41, 5.74) is 1.22. The van der Waals surface area contributed by atoms with Crippen LogP contribution in [0.2, 0.25) is 0 Å². The molecule has 0 amide bonds. The quantitative estimate of drug-likeness (QED) is 0.664. The van der Waals surface area contributed by atoms with E-state index >= 15 is 0 Å². The summed E-state index contributed by atoms with van der Waals surface area (Å²) in [6.45, 7) is 7.95. The van der Waals surface area contributed by atoms with Crippen molar-refractivity contribution < 1.29 is 4.79 Å². The highest BCUT2D eigenvalue weighted by molar-refractivity contribution is 6.04. The minimum atomic E-state index is -0.0966. The number of ketones is 1. The van der Waals surface area contributed by atoms with Crippen LogP contribution in [-0.2, 0) is 4.79 Å². The standard InChI is InChI=1S/C16H25NO/c1-15(2)13-7-8-16(15,3)14(18)12(13)10-11-6-5-9-17(11)4/h10-11,13H,5-9H2,1-4H3/b12-10+/t11-,13-,16+/m0/s1. The summed E-state index contributed by atoms with van der Waals surface area (Å²) in [6, 6.07) is 0.502. The van der Waals surface area contributed by atoms with Crippen molar-refractivity contribution in [1.29, 1.82) is 0 Å². The van der Waals surface area contributed by atoms with Crippen molar-refractivity contribution in [2.24, 2.45) is 16.7 Å². The second-order valence-electron chi connectivity index (χ2n) is 7.29. The highest BCUT2D eigenvalue weighted by Crippen LogP contribution is 2.65. The molecule has 0 radical (unpaired) electrons. The van der Waals surface area contributed by atoms with Crippen LogP contribution in [0.4, 0.5) is 0 Å². The molecule has 2 nitrogen and oxygen atoms in total. The van der Waals surface area contributed by atoms with E-state index in [2.05, 4.69) is 38.8 Å². The topological polar surface area (TPSA) is 20.3 Å². The molecular formula is C16H25NO. The van der Waals surface area contributed by atoms with Gasteiger partial charge in [0, 0.05) is 11.5 Å². The van der Waals surface area contributed by atoms with Gasteiger partial charge in [-0.15, -0.1) is 0 Å². The Bertz CT molecular complexity index is 423. The highest BCUT2D eigenvalue weighted by Gasteiger charge is 2.63. The van der Waals surface area contributed by atoms with Crippen LogP contribution in [0, 0.1) is 16.7 Å². The van der Waals surface area contributed by atoms with E-state index in [0.29, 0.717) is 17.7 Å². The van der Waals surface area contributed by atoms with Crippen molar-refractivity contribution >= 4 is 5.78 Å². The molecular weight excluding hydrogens is 222 g/mol. The lowest BCUT2D eigenvalue weighted by atomic mass is 9.70. The molecule has 2 aliphatic carbocycles. The van der Waals surface area contributed by atoms with E-state index in [1.165, 1.54) is 25.8 Å². The monoisotopic (exact) mass is 247 g/mol. The lowest BCUT2D eigenvalue weighted by Gasteiger charge is -2.31. The number of carbonyl (C=O) groups excluding carboxylic acids is 1. The molecule has 0 unspecified atom stereocenters. The SMILES string of the molecule is CN1CCC[C@H]1/C=C1/C(=O)[C@@]2(C)CC[C@@H]1C2(C)C. The predicted octanol–water partition coefficient (Wildman–Crippen LogP) is 3.03. The number of carbonyl (C=O) groups is 1. The lowest BCUT2D eigenvalue weighted by molar-refractivity contribution is -0.125. The summed E-state index contributed by atoms with van der Waals surface area (Å²) in [5.74, 6) is 0.952. The molecule has 3 rings (SSSR count). The van der Waals surface area contributed by atoms with Crippen LogP contribution in [0.5, 0.6) is 0 Å². The maximum absolute atomic E-state index is 12.7. The zero-order valence-electron chi connectivity index (χ0n) is 12.1. The van der Waals surface area contributed by atoms with Gasteiger partial charge in [0.1, 0.15) is 0 Å². The summed E-state index contributed by atoms with van der Waals surface area (Å²) in [4.78, 5) is 15.1. The van der Waals surface area contributed by atoms with Gasteiger partial charge in [-0.1, -0.05) is 26.8 Å². The summed E-state index contributed by atoms with van der Waals surface area (Å²) in [7, 11) is 2.18. The van der Waals surface area contributed by atoms with Gasteiger partial charge in [-0.3, -0.25) is 9.69 Å². The smallest absolute Gasteiger partial charge is 0.165 e. The van der Waals surface area contributed by atoms with Crippen LogP contribution in [0.25, 0.3) is 0 Å². The zero-order valence-corrected chi connectivity index (χ0v) is 12.1. The second-order valence-corrected chi connectivity index (χ2v) is 7.29. The van der Waals surface area contributed by atoms with E-state index in [0.717, 1.165) is 12.0 Å². The minimum Gasteiger partial charge on any atom is -0.300 e. The van der Waals surface area contributed by atoms with E-state index in [1.54, 1.807) is 0 Å². The van der Waals surface area contributed by atoms with E-state index in [9.17, 15) is 4.79 Å². The molecule has 3 fully saturated rings. The Balaban J connectivity index is 1.96. The average Bonchev–Trinajstić information content (AvgIpc) is 2.83. The summed E-state index contributed by atoms with van der Waals surface area (Å²) >= 11 is 0. The molecule has 0 N–H and O–H groups in total. The first-order chi connectivity index (χ1) is 8.38. The molecule has 0 spiro atoms. The third-order valence-corrected chi connectivity index (χ3v) is 6.31. The molecule has 2 saturated carbocycles. The molecule has 1 aliphatic heterocycles. The highest BCUT2D eigenvalue weighted by atomic mass is 16.1. The maximum Gasteiger partial charge on any atom is 0.165 e. The van der Waals surface area contributed by atoms with Gasteiger partial charge >= 0.3 is 0 Å². The lowest BCUT2D eigenvalue weighted by Crippen LogP contribution is -2.32. The third kappa shape index (κ3) is 1.36. The summed E-state index contributed by atoms with van der Waals surface area (Å²) in [6.07, 6.45) is 7.09. The van der Waals surface area contributed by atoms with Gasteiger partial charge in [-0.05, 0) is 56.2 Å². The van der Waals surface area contributed by atoms with Crippen LogP contribution < -0.4 is 0 Å². The Labute approximate surface area is 110 Å². The largest absolute Gasteiger partial charge is 0.300 e. The Hall–Kier alpha value is -0.630. The van der Waals surface area contributed by atoms with Gasteiger partial charge in [0.25, 0.3) is 0 Å². The van der Waals surface area contributed by atoms with Crippen LogP contribution in [-0.4, -0.2) is 30.3 Å². The van der Waals surface area contributed by atoms with Crippen molar-refractivity contribution in [2.75, 3.05) is 13.6 Å². The first-order valence-electron chi connectivity index (χ1n) is 7.35. The van der Waals surface area contributed by atoms with Crippen molar-refractivity contribution in [3.05, 3.63) is 11.6 Å². The molecule has 2 heteroatoms. The van der Waals surface area contributed by atoms with Crippen molar-refractivity contribution in [3.63, 3.8) is 0 Å². The number of allylic oxidation sites excluding steroid dienone is 1. The fraction of sp³-hybridized carbons (Fsp3) is 0.812. The second kappa shape index (κ2) is 3.69. The number of likely N-dealkylation sites (N-methyl/N-ethyl adjacent to an activating group) is 1. The molecule has 1 heterocycles. The fourth-order valence-corrected chi connectivity index (χ4v) is 4.47. The Morgan fingerprint density at radius 2 is 2.00 bits per heavy atom. The van der Waals surface area contributed by atoms with Crippen molar-refractivity contribution in [2.45, 2.75) is 52.5 Å². The van der Waals surface area contributed by atoms with Crippen LogP contribution >= 0.6 is 0 Å². The van der Waals surface area contributed by atoms with Gasteiger partial charge in [0.05, 0.1) is 0 Å². The van der Waals surface area contributed by atoms with Crippen LogP contribution in [0.1, 0.15) is 46.5 Å². The number of nitrogens with zero attached hydrogens (tertiary/aromatic N) is 1. The summed E-state index contributed by atoms with van der Waals surface area (Å²) in [5, 5.41) is 0. The molecule has 3 aliphatic rings. The molecule has 3 atom stereocenters. The van der Waals surface area contributed by atoms with Crippen molar-refractivity contribution in [1.82, 2.24) is 4.90 Å². The van der Waals surface area contributed by atoms with Gasteiger partial charge in [-0.2, -0.15) is 0 Å². The predicted molar refractivity (Wildman–Crippen MR) is 73.4 cm³/mol. The first-order valence-corrected chi connectivity index (χ1v) is 7.35. The number of hydrogen-bond donors (Lipinski definition) is 0. The Kier molecular flexibility index (Phi) is 2.54. The van der Waals surface area contributed by atoms with Crippen LogP contribution in [0.3, 0.4) is 0 Å². The van der Waals surface area contributed by atoms with E-state index in [4.69, 9.17) is 0 Å². The first kappa shape index (κ1) is 12.4. The molecule has 100 valence electrons. The number of likely N-dealkylation sites (tertiary alicyclic amines) is 1. The van der Waals surface area contributed by atoms with E-state index in [1.807, 2.05) is 0 Å². The number of rotatable bonds is 1. The van der Waals surface area contributed by atoms with Crippen LogP contribution in [0.15, 0.2) is 11.6 Å². The van der Waals surface area contributed by atoms with Gasteiger partial charge < -0.3 is 0 Å². The minimum absolute atomic E-state index is 0.0966. The summed E-state index contributed by atoms with van der Waals surface area (Å²) < 4.78 is 0. The fourth-order valence-electron chi connectivity index (χ4n) is 4.47.